The van der Waals surface area contributed by atoms with Crippen molar-refractivity contribution in [3.63, 3.8) is 0 Å². The van der Waals surface area contributed by atoms with E-state index in [0.29, 0.717) is 0 Å². The molecule has 16 heavy (non-hydrogen) atoms. The number of aliphatic hydroxyl groups excluding tert-OH is 1. The number of nitrogens with one attached hydrogen (secondary N) is 1. The van der Waals surface area contributed by atoms with Crippen molar-refractivity contribution >= 4 is 11.9 Å². The van der Waals surface area contributed by atoms with E-state index in [2.05, 4.69) is 5.32 Å². The third-order valence-electron chi connectivity index (χ3n) is 2.38. The molecule has 0 aromatic carbocycles. The minimum absolute atomic E-state index is 0.210. The Morgan fingerprint density at radius 2 is 2.06 bits per heavy atom. The van der Waals surface area contributed by atoms with Gasteiger partial charge in [0.15, 0.2) is 6.29 Å². The zero-order valence-electron chi connectivity index (χ0n) is 9.60. The van der Waals surface area contributed by atoms with Crippen LogP contribution in [0.4, 0.5) is 0 Å². The quantitative estimate of drug-likeness (QED) is 0.629. The molecule has 0 aromatic heterocycles. The number of ether oxygens (including phenoxy) is 2. The van der Waals surface area contributed by atoms with Gasteiger partial charge < -0.3 is 19.9 Å². The maximum Gasteiger partial charge on any atom is 0.303 e. The Labute approximate surface area is 93.9 Å². The lowest BCUT2D eigenvalue weighted by Crippen LogP contribution is -2.56. The number of carbonyl (C=O) groups is 2. The second-order valence-corrected chi connectivity index (χ2v) is 3.91. The van der Waals surface area contributed by atoms with Gasteiger partial charge in [-0.25, -0.2) is 0 Å². The Bertz CT molecular complexity index is 280. The van der Waals surface area contributed by atoms with Crippen LogP contribution in [0.2, 0.25) is 0 Å². The number of aliphatic hydroxyl groups is 1. The zero-order chi connectivity index (χ0) is 12.3. The lowest BCUT2D eigenvalue weighted by molar-refractivity contribution is -0.214. The van der Waals surface area contributed by atoms with Crippen LogP contribution in [0.1, 0.15) is 27.2 Å². The van der Waals surface area contributed by atoms with Gasteiger partial charge >= 0.3 is 5.97 Å². The third kappa shape index (κ3) is 3.46. The molecule has 1 saturated heterocycles. The summed E-state index contributed by atoms with van der Waals surface area (Å²) in [6.45, 7) is 4.35. The molecule has 6 nitrogen and oxygen atoms in total. The van der Waals surface area contributed by atoms with E-state index in [4.69, 9.17) is 9.47 Å². The largest absolute Gasteiger partial charge is 0.458 e. The molecular formula is C10H17NO5. The molecule has 1 amide bonds. The average Bonchev–Trinajstić information content (AvgIpc) is 2.09. The van der Waals surface area contributed by atoms with Gasteiger partial charge in [0, 0.05) is 20.3 Å². The van der Waals surface area contributed by atoms with Crippen molar-refractivity contribution in [1.29, 1.82) is 0 Å². The summed E-state index contributed by atoms with van der Waals surface area (Å²) in [5, 5.41) is 12.0. The average molecular weight is 231 g/mol. The van der Waals surface area contributed by atoms with Crippen LogP contribution in [0.5, 0.6) is 0 Å². The van der Waals surface area contributed by atoms with Gasteiger partial charge in [0.05, 0.1) is 12.1 Å². The van der Waals surface area contributed by atoms with Crippen molar-refractivity contribution in [2.75, 3.05) is 0 Å². The number of amides is 1. The van der Waals surface area contributed by atoms with E-state index in [0.717, 1.165) is 0 Å². The lowest BCUT2D eigenvalue weighted by Gasteiger charge is -2.38. The maximum atomic E-state index is 11.0. The van der Waals surface area contributed by atoms with Gasteiger partial charge in [-0.2, -0.15) is 0 Å². The number of hydrogen-bond donors (Lipinski definition) is 2. The number of esters is 1. The second kappa shape index (κ2) is 5.27. The van der Waals surface area contributed by atoms with Gasteiger partial charge in [-0.1, -0.05) is 0 Å². The fourth-order valence-corrected chi connectivity index (χ4v) is 1.83. The first-order chi connectivity index (χ1) is 7.40. The van der Waals surface area contributed by atoms with Gasteiger partial charge in [0.25, 0.3) is 0 Å². The van der Waals surface area contributed by atoms with Crippen LogP contribution >= 0.6 is 0 Å². The van der Waals surface area contributed by atoms with Crippen molar-refractivity contribution in [2.45, 2.75) is 51.7 Å². The number of hydrogen-bond acceptors (Lipinski definition) is 5. The smallest absolute Gasteiger partial charge is 0.303 e. The summed E-state index contributed by atoms with van der Waals surface area (Å²) >= 11 is 0. The molecule has 0 saturated carbocycles. The Balaban J connectivity index is 2.71. The Hall–Kier alpha value is -1.14. The molecule has 2 N–H and O–H groups in total. The predicted molar refractivity (Wildman–Crippen MR) is 54.3 cm³/mol. The summed E-state index contributed by atoms with van der Waals surface area (Å²) in [5.41, 5.74) is 0. The minimum atomic E-state index is -0.946. The van der Waals surface area contributed by atoms with Gasteiger partial charge in [-0.15, -0.1) is 0 Å². The molecule has 0 aromatic rings. The van der Waals surface area contributed by atoms with Crippen LogP contribution < -0.4 is 5.32 Å². The van der Waals surface area contributed by atoms with Crippen molar-refractivity contribution in [2.24, 2.45) is 0 Å². The van der Waals surface area contributed by atoms with Crippen LogP contribution in [0, 0.1) is 0 Å². The van der Waals surface area contributed by atoms with E-state index in [1.807, 2.05) is 0 Å². The number of carbonyl (C=O) groups excluding carboxylic acids is 2. The molecular weight excluding hydrogens is 214 g/mol. The van der Waals surface area contributed by atoms with E-state index < -0.39 is 30.5 Å². The number of rotatable bonds is 2. The second-order valence-electron chi connectivity index (χ2n) is 3.91. The summed E-state index contributed by atoms with van der Waals surface area (Å²) < 4.78 is 10.2. The summed E-state index contributed by atoms with van der Waals surface area (Å²) in [7, 11) is 0. The van der Waals surface area contributed by atoms with E-state index >= 15 is 0 Å². The molecule has 1 fully saturated rings. The van der Waals surface area contributed by atoms with Gasteiger partial charge in [-0.3, -0.25) is 9.59 Å². The van der Waals surface area contributed by atoms with Crippen molar-refractivity contribution in [1.82, 2.24) is 5.32 Å². The fraction of sp³-hybridized carbons (Fsp3) is 0.800. The van der Waals surface area contributed by atoms with Crippen LogP contribution in [0.15, 0.2) is 0 Å². The summed E-state index contributed by atoms with van der Waals surface area (Å²) in [6.07, 6.45) is -1.75. The molecule has 6 heteroatoms. The molecule has 4 atom stereocenters. The summed E-state index contributed by atoms with van der Waals surface area (Å²) in [4.78, 5) is 21.9. The molecule has 0 radical (unpaired) electrons. The van der Waals surface area contributed by atoms with Crippen LogP contribution in [0.3, 0.4) is 0 Å². The third-order valence-corrected chi connectivity index (χ3v) is 2.38. The van der Waals surface area contributed by atoms with E-state index in [1.165, 1.54) is 13.8 Å². The normalized spacial score (nSPS) is 34.2. The van der Waals surface area contributed by atoms with Crippen LogP contribution in [0.25, 0.3) is 0 Å². The molecule has 1 aliphatic rings. The molecule has 0 bridgehead atoms. The Kier molecular flexibility index (Phi) is 4.26. The van der Waals surface area contributed by atoms with Crippen molar-refractivity contribution in [3.8, 4) is 0 Å². The highest BCUT2D eigenvalue weighted by atomic mass is 16.6. The molecule has 0 spiro atoms. The highest BCUT2D eigenvalue weighted by molar-refractivity contribution is 5.73. The highest BCUT2D eigenvalue weighted by Crippen LogP contribution is 2.21. The minimum Gasteiger partial charge on any atom is -0.458 e. The van der Waals surface area contributed by atoms with Gasteiger partial charge in [-0.05, 0) is 6.92 Å². The first kappa shape index (κ1) is 12.9. The van der Waals surface area contributed by atoms with Gasteiger partial charge in [0.1, 0.15) is 6.10 Å². The molecule has 0 aliphatic carbocycles. The highest BCUT2D eigenvalue weighted by Gasteiger charge is 2.38. The Morgan fingerprint density at radius 3 is 2.56 bits per heavy atom. The monoisotopic (exact) mass is 231 g/mol. The SMILES string of the molecule is CC(=O)N[C@@H]1C[C@@H](O)O[C@@H](C)[C@H]1OC(C)=O. The van der Waals surface area contributed by atoms with E-state index in [9.17, 15) is 14.7 Å². The first-order valence-electron chi connectivity index (χ1n) is 5.18. The van der Waals surface area contributed by atoms with Crippen molar-refractivity contribution < 1.29 is 24.2 Å². The molecule has 1 rings (SSSR count). The van der Waals surface area contributed by atoms with Crippen LogP contribution in [-0.2, 0) is 19.1 Å². The summed E-state index contributed by atoms with van der Waals surface area (Å²) in [5.74, 6) is -0.671. The Morgan fingerprint density at radius 1 is 1.44 bits per heavy atom. The molecule has 0 unspecified atom stereocenters. The zero-order valence-corrected chi connectivity index (χ0v) is 9.60. The first-order valence-corrected chi connectivity index (χ1v) is 5.18. The van der Waals surface area contributed by atoms with E-state index in [-0.39, 0.29) is 12.3 Å². The molecule has 1 aliphatic heterocycles. The molecule has 92 valence electrons. The fourth-order valence-electron chi connectivity index (χ4n) is 1.83. The maximum absolute atomic E-state index is 11.0. The van der Waals surface area contributed by atoms with Gasteiger partial charge in [0.2, 0.25) is 5.91 Å². The topological polar surface area (TPSA) is 84.9 Å². The van der Waals surface area contributed by atoms with E-state index in [1.54, 1.807) is 6.92 Å². The van der Waals surface area contributed by atoms with Crippen LogP contribution in [-0.4, -0.2) is 41.5 Å². The summed E-state index contributed by atoms with van der Waals surface area (Å²) in [6, 6.07) is -0.417. The predicted octanol–water partition coefficient (Wildman–Crippen LogP) is -0.450. The molecule has 1 heterocycles. The lowest BCUT2D eigenvalue weighted by atomic mass is 9.99. The van der Waals surface area contributed by atoms with Crippen molar-refractivity contribution in [3.05, 3.63) is 0 Å². The standard InChI is InChI=1S/C10H17NO5/c1-5-10(16-7(3)13)8(11-6(2)12)4-9(14)15-5/h5,8-10,14H,4H2,1-3H3,(H,11,12)/t5-,8+,9-,10+/m0/s1.